The number of rotatable bonds is 2. The Kier molecular flexibility index (Phi) is 4.84. The number of thioether (sulfide) groups is 1. The Labute approximate surface area is 149 Å². The Morgan fingerprint density at radius 2 is 2.08 bits per heavy atom. The Hall–Kier alpha value is -1.58. The van der Waals surface area contributed by atoms with Crippen LogP contribution < -0.4 is 5.73 Å². The molecular weight excluding hydrogens is 364 g/mol. The number of aryl methyl sites for hydroxylation is 1. The van der Waals surface area contributed by atoms with Crippen LogP contribution in [-0.4, -0.2) is 36.3 Å². The molecule has 2 N–H and O–H groups in total. The fraction of sp³-hybridized carbons (Fsp3) is 0.333. The fourth-order valence-electron chi connectivity index (χ4n) is 2.47. The average molecular weight is 383 g/mol. The summed E-state index contributed by atoms with van der Waals surface area (Å²) >= 11 is 2.78. The second kappa shape index (κ2) is 6.73. The van der Waals surface area contributed by atoms with Gasteiger partial charge in [0.05, 0.1) is 17.1 Å². The highest BCUT2D eigenvalue weighted by molar-refractivity contribution is 8.13. The number of benzene rings is 1. The summed E-state index contributed by atoms with van der Waals surface area (Å²) in [6.45, 7) is 3.19. The van der Waals surface area contributed by atoms with Crippen molar-refractivity contribution < 1.29 is 8.42 Å². The summed E-state index contributed by atoms with van der Waals surface area (Å²) in [6, 6.07) is 6.72. The van der Waals surface area contributed by atoms with E-state index in [4.69, 9.17) is 5.73 Å². The SMILES string of the molecule is CSC(=NS(=O)(=O)c1ccc(C)cc1)N1CCc2nc(N)sc2C1. The van der Waals surface area contributed by atoms with Crippen LogP contribution in [0.2, 0.25) is 0 Å². The third-order valence-corrected chi connectivity index (χ3v) is 6.74. The Balaban J connectivity index is 1.88. The molecule has 128 valence electrons. The van der Waals surface area contributed by atoms with Gasteiger partial charge < -0.3 is 10.6 Å². The maximum atomic E-state index is 12.5. The van der Waals surface area contributed by atoms with Gasteiger partial charge in [0.15, 0.2) is 10.3 Å². The van der Waals surface area contributed by atoms with Crippen molar-refractivity contribution in [2.24, 2.45) is 4.40 Å². The Bertz CT molecular complexity index is 873. The molecule has 6 nitrogen and oxygen atoms in total. The lowest BCUT2D eigenvalue weighted by molar-refractivity contribution is 0.403. The minimum atomic E-state index is -3.72. The lowest BCUT2D eigenvalue weighted by Gasteiger charge is -2.27. The molecule has 1 aliphatic rings. The van der Waals surface area contributed by atoms with E-state index < -0.39 is 10.0 Å². The molecule has 0 bridgehead atoms. The van der Waals surface area contributed by atoms with E-state index in [0.717, 1.165) is 22.6 Å². The van der Waals surface area contributed by atoms with Crippen LogP contribution in [-0.2, 0) is 23.0 Å². The Morgan fingerprint density at radius 1 is 1.38 bits per heavy atom. The van der Waals surface area contributed by atoms with Crippen LogP contribution in [0.5, 0.6) is 0 Å². The van der Waals surface area contributed by atoms with Crippen LogP contribution in [0, 0.1) is 6.92 Å². The van der Waals surface area contributed by atoms with E-state index >= 15 is 0 Å². The third-order valence-electron chi connectivity index (χ3n) is 3.72. The van der Waals surface area contributed by atoms with Crippen LogP contribution in [0.1, 0.15) is 16.1 Å². The topological polar surface area (TPSA) is 88.7 Å². The largest absolute Gasteiger partial charge is 0.375 e. The van der Waals surface area contributed by atoms with Gasteiger partial charge in [0.1, 0.15) is 0 Å². The highest BCUT2D eigenvalue weighted by atomic mass is 32.2. The third kappa shape index (κ3) is 3.57. The van der Waals surface area contributed by atoms with E-state index in [1.807, 2.05) is 18.1 Å². The first-order valence-corrected chi connectivity index (χ1v) is 10.8. The first-order chi connectivity index (χ1) is 11.4. The molecule has 0 aliphatic carbocycles. The molecule has 3 rings (SSSR count). The summed E-state index contributed by atoms with van der Waals surface area (Å²) in [5, 5.41) is 1.05. The van der Waals surface area contributed by atoms with E-state index in [9.17, 15) is 8.42 Å². The molecule has 2 aromatic rings. The summed E-state index contributed by atoms with van der Waals surface area (Å²) in [7, 11) is -3.72. The van der Waals surface area contributed by atoms with Crippen molar-refractivity contribution in [1.29, 1.82) is 0 Å². The van der Waals surface area contributed by atoms with E-state index in [1.165, 1.54) is 23.1 Å². The van der Waals surface area contributed by atoms with Crippen molar-refractivity contribution in [1.82, 2.24) is 9.88 Å². The van der Waals surface area contributed by atoms with Gasteiger partial charge in [0, 0.05) is 17.8 Å². The van der Waals surface area contributed by atoms with Gasteiger partial charge in [-0.3, -0.25) is 0 Å². The van der Waals surface area contributed by atoms with Crippen molar-refractivity contribution in [2.45, 2.75) is 24.8 Å². The van der Waals surface area contributed by atoms with Gasteiger partial charge in [0.2, 0.25) is 0 Å². The van der Waals surface area contributed by atoms with E-state index in [1.54, 1.807) is 24.3 Å². The molecule has 0 unspecified atom stereocenters. The van der Waals surface area contributed by atoms with Crippen LogP contribution in [0.3, 0.4) is 0 Å². The van der Waals surface area contributed by atoms with Crippen molar-refractivity contribution in [3.63, 3.8) is 0 Å². The number of hydrogen-bond donors (Lipinski definition) is 1. The lowest BCUT2D eigenvalue weighted by atomic mass is 10.2. The summed E-state index contributed by atoms with van der Waals surface area (Å²) in [5.74, 6) is 0. The van der Waals surface area contributed by atoms with Gasteiger partial charge in [-0.1, -0.05) is 29.5 Å². The van der Waals surface area contributed by atoms with Crippen molar-refractivity contribution in [3.05, 3.63) is 40.4 Å². The van der Waals surface area contributed by atoms with Gasteiger partial charge in [-0.2, -0.15) is 8.42 Å². The molecule has 0 saturated heterocycles. The molecule has 0 amide bonds. The molecule has 2 heterocycles. The van der Waals surface area contributed by atoms with E-state index in [0.29, 0.717) is 23.4 Å². The smallest absolute Gasteiger partial charge is 0.284 e. The highest BCUT2D eigenvalue weighted by Crippen LogP contribution is 2.28. The van der Waals surface area contributed by atoms with Gasteiger partial charge >= 0.3 is 0 Å². The number of sulfonamides is 1. The average Bonchev–Trinajstić information content (AvgIpc) is 2.92. The lowest BCUT2D eigenvalue weighted by Crippen LogP contribution is -2.34. The summed E-state index contributed by atoms with van der Waals surface area (Å²) < 4.78 is 29.2. The summed E-state index contributed by atoms with van der Waals surface area (Å²) in [5.41, 5.74) is 7.78. The minimum Gasteiger partial charge on any atom is -0.375 e. The molecule has 24 heavy (non-hydrogen) atoms. The number of anilines is 1. The standard InChI is InChI=1S/C15H18N4O2S3/c1-10-3-5-11(6-4-10)24(20,21)18-15(22-2)19-8-7-12-13(9-19)23-14(16)17-12/h3-6H,7-9H2,1-2H3,(H2,16,17). The van der Waals surface area contributed by atoms with Crippen molar-refractivity contribution >= 4 is 43.4 Å². The molecular formula is C15H18N4O2S3. The number of nitrogen functional groups attached to an aromatic ring is 1. The first kappa shape index (κ1) is 17.2. The van der Waals surface area contributed by atoms with Crippen LogP contribution >= 0.6 is 23.1 Å². The summed E-state index contributed by atoms with van der Waals surface area (Å²) in [4.78, 5) is 7.56. The predicted octanol–water partition coefficient (Wildman–Crippen LogP) is 2.50. The molecule has 1 aliphatic heterocycles. The maximum absolute atomic E-state index is 12.5. The number of nitrogens with zero attached hydrogens (tertiary/aromatic N) is 3. The number of hydrogen-bond acceptors (Lipinski definition) is 6. The van der Waals surface area contributed by atoms with Gasteiger partial charge in [-0.15, -0.1) is 15.7 Å². The molecule has 0 spiro atoms. The summed E-state index contributed by atoms with van der Waals surface area (Å²) in [6.07, 6.45) is 2.58. The first-order valence-electron chi connectivity index (χ1n) is 7.33. The van der Waals surface area contributed by atoms with Crippen molar-refractivity contribution in [3.8, 4) is 0 Å². The van der Waals surface area contributed by atoms with Gasteiger partial charge in [-0.25, -0.2) is 4.98 Å². The molecule has 0 atom stereocenters. The number of aromatic nitrogens is 1. The molecule has 0 radical (unpaired) electrons. The maximum Gasteiger partial charge on any atom is 0.284 e. The Morgan fingerprint density at radius 3 is 2.75 bits per heavy atom. The van der Waals surface area contributed by atoms with Gasteiger partial charge in [-0.05, 0) is 25.3 Å². The highest BCUT2D eigenvalue weighted by Gasteiger charge is 2.24. The quantitative estimate of drug-likeness (QED) is 0.634. The van der Waals surface area contributed by atoms with Gasteiger partial charge in [0.25, 0.3) is 10.0 Å². The molecule has 0 saturated carbocycles. The number of amidine groups is 1. The second-order valence-corrected chi connectivity index (χ2v) is 8.95. The van der Waals surface area contributed by atoms with Crippen LogP contribution in [0.25, 0.3) is 0 Å². The molecule has 1 aromatic carbocycles. The number of nitrogens with two attached hydrogens (primary N) is 1. The monoisotopic (exact) mass is 382 g/mol. The fourth-order valence-corrected chi connectivity index (χ4v) is 5.28. The predicted molar refractivity (Wildman–Crippen MR) is 100.0 cm³/mol. The van der Waals surface area contributed by atoms with Crippen molar-refractivity contribution in [2.75, 3.05) is 18.5 Å². The minimum absolute atomic E-state index is 0.208. The number of fused-ring (bicyclic) bond motifs is 1. The molecule has 1 aromatic heterocycles. The van der Waals surface area contributed by atoms with E-state index in [-0.39, 0.29) is 4.90 Å². The van der Waals surface area contributed by atoms with Crippen LogP contribution in [0.4, 0.5) is 5.13 Å². The number of thiazole rings is 1. The van der Waals surface area contributed by atoms with Crippen LogP contribution in [0.15, 0.2) is 33.6 Å². The molecule has 9 heteroatoms. The molecule has 0 fully saturated rings. The second-order valence-electron chi connectivity index (χ2n) is 5.46. The zero-order valence-corrected chi connectivity index (χ0v) is 15.8. The zero-order valence-electron chi connectivity index (χ0n) is 13.4. The normalized spacial score (nSPS) is 15.4. The van der Waals surface area contributed by atoms with E-state index in [2.05, 4.69) is 9.38 Å². The zero-order chi connectivity index (χ0) is 17.3.